The van der Waals surface area contributed by atoms with Crippen molar-refractivity contribution in [2.24, 2.45) is 0 Å². The van der Waals surface area contributed by atoms with Crippen LogP contribution in [0.1, 0.15) is 19.8 Å². The highest BCUT2D eigenvalue weighted by atomic mass is 35.5. The number of hydrogen-bond acceptors (Lipinski definition) is 2. The molecule has 0 spiro atoms. The quantitative estimate of drug-likeness (QED) is 0.799. The number of nitrogens with zero attached hydrogens (tertiary/aromatic N) is 1. The van der Waals surface area contributed by atoms with Crippen molar-refractivity contribution < 1.29 is 4.74 Å². The number of hydrogen-bond donors (Lipinski definition) is 0. The molecule has 80 valence electrons. The molecule has 0 radical (unpaired) electrons. The van der Waals surface area contributed by atoms with E-state index >= 15 is 0 Å². The van der Waals surface area contributed by atoms with Gasteiger partial charge in [0.2, 0.25) is 0 Å². The molecule has 0 aromatic heterocycles. The molecule has 1 atom stereocenters. The van der Waals surface area contributed by atoms with Crippen LogP contribution in [0.4, 0.5) is 0 Å². The standard InChI is InChI=1S/C11H11Cl2NO/c1-2-9(5-6-14)15-11-4-3-8(12)7-10(11)13/h3-4,7,9H,2,5H2,1H3. The van der Waals surface area contributed by atoms with E-state index in [-0.39, 0.29) is 6.10 Å². The molecule has 0 fully saturated rings. The van der Waals surface area contributed by atoms with Crippen molar-refractivity contribution in [3.05, 3.63) is 28.2 Å². The van der Waals surface area contributed by atoms with Crippen LogP contribution in [0.3, 0.4) is 0 Å². The molecule has 1 unspecified atom stereocenters. The van der Waals surface area contributed by atoms with Crippen LogP contribution in [0.5, 0.6) is 5.75 Å². The van der Waals surface area contributed by atoms with E-state index in [9.17, 15) is 0 Å². The molecule has 2 nitrogen and oxygen atoms in total. The molecule has 0 heterocycles. The highest BCUT2D eigenvalue weighted by Gasteiger charge is 2.10. The third kappa shape index (κ3) is 3.62. The molecule has 0 saturated heterocycles. The maximum atomic E-state index is 8.58. The average Bonchev–Trinajstić information content (AvgIpc) is 2.21. The minimum atomic E-state index is -0.117. The minimum absolute atomic E-state index is 0.117. The van der Waals surface area contributed by atoms with E-state index in [0.29, 0.717) is 22.2 Å². The monoisotopic (exact) mass is 243 g/mol. The topological polar surface area (TPSA) is 33.0 Å². The molecule has 1 aromatic rings. The second kappa shape index (κ2) is 5.85. The van der Waals surface area contributed by atoms with Gasteiger partial charge in [-0.05, 0) is 24.6 Å². The Morgan fingerprint density at radius 2 is 2.20 bits per heavy atom. The predicted molar refractivity (Wildman–Crippen MR) is 61.4 cm³/mol. The van der Waals surface area contributed by atoms with Crippen molar-refractivity contribution in [2.45, 2.75) is 25.9 Å². The summed E-state index contributed by atoms with van der Waals surface area (Å²) in [7, 11) is 0. The number of halogens is 2. The zero-order valence-electron chi connectivity index (χ0n) is 8.34. The van der Waals surface area contributed by atoms with Gasteiger partial charge in [-0.15, -0.1) is 0 Å². The molecule has 0 amide bonds. The van der Waals surface area contributed by atoms with Gasteiger partial charge < -0.3 is 4.74 Å². The van der Waals surface area contributed by atoms with Crippen molar-refractivity contribution in [2.75, 3.05) is 0 Å². The summed E-state index contributed by atoms with van der Waals surface area (Å²) in [5, 5.41) is 9.62. The van der Waals surface area contributed by atoms with Gasteiger partial charge in [-0.3, -0.25) is 0 Å². The Hall–Kier alpha value is -0.910. The van der Waals surface area contributed by atoms with Crippen LogP contribution in [-0.4, -0.2) is 6.10 Å². The molecule has 4 heteroatoms. The normalized spacial score (nSPS) is 11.9. The largest absolute Gasteiger partial charge is 0.488 e. The molecule has 1 rings (SSSR count). The zero-order valence-corrected chi connectivity index (χ0v) is 9.85. The minimum Gasteiger partial charge on any atom is -0.488 e. The number of benzene rings is 1. The van der Waals surface area contributed by atoms with Crippen LogP contribution < -0.4 is 4.74 Å². The van der Waals surface area contributed by atoms with Gasteiger partial charge in [0.25, 0.3) is 0 Å². The summed E-state index contributed by atoms with van der Waals surface area (Å²) >= 11 is 11.7. The first kappa shape index (κ1) is 12.2. The van der Waals surface area contributed by atoms with Crippen molar-refractivity contribution in [1.29, 1.82) is 5.26 Å². The Morgan fingerprint density at radius 1 is 1.47 bits per heavy atom. The van der Waals surface area contributed by atoms with Gasteiger partial charge in [-0.25, -0.2) is 0 Å². The van der Waals surface area contributed by atoms with Gasteiger partial charge in [-0.1, -0.05) is 30.1 Å². The number of nitriles is 1. The van der Waals surface area contributed by atoms with Crippen molar-refractivity contribution in [3.63, 3.8) is 0 Å². The average molecular weight is 244 g/mol. The second-order valence-electron chi connectivity index (χ2n) is 3.09. The molecule has 15 heavy (non-hydrogen) atoms. The maximum Gasteiger partial charge on any atom is 0.138 e. The van der Waals surface area contributed by atoms with Gasteiger partial charge in [-0.2, -0.15) is 5.26 Å². The van der Waals surface area contributed by atoms with Crippen LogP contribution in [-0.2, 0) is 0 Å². The van der Waals surface area contributed by atoms with Gasteiger partial charge in [0.1, 0.15) is 11.9 Å². The van der Waals surface area contributed by atoms with Gasteiger partial charge in [0, 0.05) is 5.02 Å². The van der Waals surface area contributed by atoms with Gasteiger partial charge >= 0.3 is 0 Å². The van der Waals surface area contributed by atoms with E-state index in [1.807, 2.05) is 6.92 Å². The number of ether oxygens (including phenoxy) is 1. The first-order valence-corrected chi connectivity index (χ1v) is 5.41. The SMILES string of the molecule is CCC(CC#N)Oc1ccc(Cl)cc1Cl. The van der Waals surface area contributed by atoms with Crippen LogP contribution in [0.15, 0.2) is 18.2 Å². The zero-order chi connectivity index (χ0) is 11.3. The van der Waals surface area contributed by atoms with Gasteiger partial charge in [0.05, 0.1) is 17.5 Å². The second-order valence-corrected chi connectivity index (χ2v) is 3.93. The lowest BCUT2D eigenvalue weighted by molar-refractivity contribution is 0.202. The molecule has 0 aliphatic heterocycles. The lowest BCUT2D eigenvalue weighted by Gasteiger charge is -2.15. The summed E-state index contributed by atoms with van der Waals surface area (Å²) in [5.41, 5.74) is 0. The Morgan fingerprint density at radius 3 is 2.73 bits per heavy atom. The summed E-state index contributed by atoms with van der Waals surface area (Å²) in [6, 6.07) is 7.12. The fraction of sp³-hybridized carbons (Fsp3) is 0.364. The molecule has 0 bridgehead atoms. The summed E-state index contributed by atoms with van der Waals surface area (Å²) in [4.78, 5) is 0. The smallest absolute Gasteiger partial charge is 0.138 e. The third-order valence-corrected chi connectivity index (χ3v) is 2.49. The predicted octanol–water partition coefficient (Wildman–Crippen LogP) is 4.06. The first-order valence-electron chi connectivity index (χ1n) is 4.66. The summed E-state index contributed by atoms with van der Waals surface area (Å²) < 4.78 is 5.58. The Balaban J connectivity index is 2.75. The molecule has 0 aliphatic carbocycles. The van der Waals surface area contributed by atoms with Crippen LogP contribution in [0.2, 0.25) is 10.0 Å². The summed E-state index contributed by atoms with van der Waals surface area (Å²) in [6.45, 7) is 1.96. The molecular formula is C11H11Cl2NO. The highest BCUT2D eigenvalue weighted by molar-refractivity contribution is 6.35. The Bertz CT molecular complexity index is 373. The lowest BCUT2D eigenvalue weighted by atomic mass is 10.2. The Labute approximate surface area is 99.4 Å². The fourth-order valence-corrected chi connectivity index (χ4v) is 1.57. The molecular weight excluding hydrogens is 233 g/mol. The van der Waals surface area contributed by atoms with Crippen LogP contribution in [0, 0.1) is 11.3 Å². The first-order chi connectivity index (χ1) is 7.17. The van der Waals surface area contributed by atoms with E-state index in [1.54, 1.807) is 18.2 Å². The molecule has 0 saturated carbocycles. The summed E-state index contributed by atoms with van der Waals surface area (Å²) in [6.07, 6.45) is 1.01. The fourth-order valence-electron chi connectivity index (χ4n) is 1.12. The van der Waals surface area contributed by atoms with E-state index < -0.39 is 0 Å². The van der Waals surface area contributed by atoms with Crippen molar-refractivity contribution in [1.82, 2.24) is 0 Å². The molecule has 1 aromatic carbocycles. The highest BCUT2D eigenvalue weighted by Crippen LogP contribution is 2.28. The molecule has 0 aliphatic rings. The van der Waals surface area contributed by atoms with E-state index in [4.69, 9.17) is 33.2 Å². The number of rotatable bonds is 4. The van der Waals surface area contributed by atoms with Gasteiger partial charge in [0.15, 0.2) is 0 Å². The maximum absolute atomic E-state index is 8.58. The van der Waals surface area contributed by atoms with Crippen LogP contribution in [0.25, 0.3) is 0 Å². The van der Waals surface area contributed by atoms with E-state index in [0.717, 1.165) is 6.42 Å². The lowest BCUT2D eigenvalue weighted by Crippen LogP contribution is -2.14. The van der Waals surface area contributed by atoms with Crippen molar-refractivity contribution >= 4 is 23.2 Å². The van der Waals surface area contributed by atoms with Crippen LogP contribution >= 0.6 is 23.2 Å². The molecule has 0 N–H and O–H groups in total. The summed E-state index contributed by atoms with van der Waals surface area (Å²) in [5.74, 6) is 0.572. The van der Waals surface area contributed by atoms with E-state index in [2.05, 4.69) is 6.07 Å². The Kier molecular flexibility index (Phi) is 4.74. The third-order valence-electron chi connectivity index (χ3n) is 1.96. The van der Waals surface area contributed by atoms with Crippen molar-refractivity contribution in [3.8, 4) is 11.8 Å². The van der Waals surface area contributed by atoms with E-state index in [1.165, 1.54) is 0 Å².